The van der Waals surface area contributed by atoms with Crippen LogP contribution in [0, 0.1) is 0 Å². The van der Waals surface area contributed by atoms with Crippen molar-refractivity contribution in [3.63, 3.8) is 0 Å². The maximum Gasteiger partial charge on any atom is 0.119 e. The predicted octanol–water partition coefficient (Wildman–Crippen LogP) is 4.27. The van der Waals surface area contributed by atoms with E-state index in [-0.39, 0.29) is 0 Å². The molecule has 0 atom stereocenters. The molecular weight excluding hydrogens is 234 g/mol. The largest absolute Gasteiger partial charge is 0.494 e. The van der Waals surface area contributed by atoms with Crippen LogP contribution in [-0.2, 0) is 0 Å². The molecule has 0 radical (unpaired) electrons. The van der Waals surface area contributed by atoms with Crippen LogP contribution in [0.15, 0.2) is 29.8 Å². The van der Waals surface area contributed by atoms with Crippen molar-refractivity contribution in [2.45, 2.75) is 40.0 Å². The van der Waals surface area contributed by atoms with Gasteiger partial charge in [-0.2, -0.15) is 0 Å². The fourth-order valence-electron chi connectivity index (χ4n) is 1.82. The summed E-state index contributed by atoms with van der Waals surface area (Å²) in [6, 6.07) is 8.35. The van der Waals surface area contributed by atoms with Gasteiger partial charge in [0, 0.05) is 6.54 Å². The van der Waals surface area contributed by atoms with E-state index in [4.69, 9.17) is 4.74 Å². The molecule has 0 heterocycles. The summed E-state index contributed by atoms with van der Waals surface area (Å²) in [5.74, 6) is 0.959. The first-order chi connectivity index (χ1) is 9.30. The standard InChI is InChI=1S/C17H27NO/c1-4-11-18-14-15(6-3)13-16-7-9-17(10-8-16)19-12-5-2/h7-10,13,18H,4-6,11-12,14H2,1-3H3. The van der Waals surface area contributed by atoms with Gasteiger partial charge in [0.15, 0.2) is 0 Å². The van der Waals surface area contributed by atoms with Gasteiger partial charge in [-0.1, -0.05) is 44.6 Å². The molecule has 1 aromatic carbocycles. The molecular formula is C17H27NO. The van der Waals surface area contributed by atoms with Crippen molar-refractivity contribution < 1.29 is 4.74 Å². The fraction of sp³-hybridized carbons (Fsp3) is 0.529. The third-order valence-electron chi connectivity index (χ3n) is 2.96. The number of nitrogens with one attached hydrogen (secondary N) is 1. The van der Waals surface area contributed by atoms with Gasteiger partial charge in [-0.05, 0) is 43.5 Å². The van der Waals surface area contributed by atoms with E-state index >= 15 is 0 Å². The Labute approximate surface area is 117 Å². The topological polar surface area (TPSA) is 21.3 Å². The predicted molar refractivity (Wildman–Crippen MR) is 83.7 cm³/mol. The molecule has 0 aliphatic rings. The molecule has 0 unspecified atom stereocenters. The number of rotatable bonds is 9. The van der Waals surface area contributed by atoms with Crippen LogP contribution in [-0.4, -0.2) is 19.7 Å². The molecule has 1 rings (SSSR count). The van der Waals surface area contributed by atoms with Crippen molar-refractivity contribution in [1.82, 2.24) is 5.32 Å². The van der Waals surface area contributed by atoms with E-state index in [1.165, 1.54) is 17.6 Å². The van der Waals surface area contributed by atoms with Crippen molar-refractivity contribution in [3.05, 3.63) is 35.4 Å². The van der Waals surface area contributed by atoms with Crippen LogP contribution >= 0.6 is 0 Å². The minimum absolute atomic E-state index is 0.788. The molecule has 0 amide bonds. The first-order valence-corrected chi connectivity index (χ1v) is 7.43. The number of benzene rings is 1. The Morgan fingerprint density at radius 3 is 2.42 bits per heavy atom. The van der Waals surface area contributed by atoms with Crippen molar-refractivity contribution in [1.29, 1.82) is 0 Å². The molecule has 0 spiro atoms. The van der Waals surface area contributed by atoms with Gasteiger partial charge in [-0.25, -0.2) is 0 Å². The summed E-state index contributed by atoms with van der Waals surface area (Å²) < 4.78 is 5.59. The highest BCUT2D eigenvalue weighted by Crippen LogP contribution is 2.15. The summed E-state index contributed by atoms with van der Waals surface area (Å²) in [7, 11) is 0. The Morgan fingerprint density at radius 2 is 1.84 bits per heavy atom. The molecule has 0 aliphatic carbocycles. The van der Waals surface area contributed by atoms with Crippen LogP contribution in [0.1, 0.15) is 45.6 Å². The zero-order chi connectivity index (χ0) is 13.9. The first kappa shape index (κ1) is 15.8. The van der Waals surface area contributed by atoms with Crippen molar-refractivity contribution >= 4 is 6.08 Å². The summed E-state index contributed by atoms with van der Waals surface area (Å²) in [6.45, 7) is 9.37. The van der Waals surface area contributed by atoms with Crippen LogP contribution in [0.4, 0.5) is 0 Å². The van der Waals surface area contributed by atoms with Crippen molar-refractivity contribution in [3.8, 4) is 5.75 Å². The summed E-state index contributed by atoms with van der Waals surface area (Å²) >= 11 is 0. The second-order valence-corrected chi connectivity index (χ2v) is 4.75. The third-order valence-corrected chi connectivity index (χ3v) is 2.96. The van der Waals surface area contributed by atoms with E-state index in [0.717, 1.165) is 38.3 Å². The summed E-state index contributed by atoms with van der Waals surface area (Å²) in [5, 5.41) is 3.45. The zero-order valence-electron chi connectivity index (χ0n) is 12.5. The zero-order valence-corrected chi connectivity index (χ0v) is 12.5. The Kier molecular flexibility index (Phi) is 7.99. The van der Waals surface area contributed by atoms with Gasteiger partial charge in [0.25, 0.3) is 0 Å². The minimum atomic E-state index is 0.788. The summed E-state index contributed by atoms with van der Waals surface area (Å²) in [5.41, 5.74) is 2.69. The molecule has 0 saturated heterocycles. The Bertz CT molecular complexity index is 367. The first-order valence-electron chi connectivity index (χ1n) is 7.43. The average molecular weight is 261 g/mol. The Hall–Kier alpha value is -1.28. The van der Waals surface area contributed by atoms with Crippen molar-refractivity contribution in [2.75, 3.05) is 19.7 Å². The van der Waals surface area contributed by atoms with Crippen LogP contribution in [0.3, 0.4) is 0 Å². The molecule has 2 nitrogen and oxygen atoms in total. The summed E-state index contributed by atoms with van der Waals surface area (Å²) in [6.07, 6.45) is 5.59. The second-order valence-electron chi connectivity index (χ2n) is 4.75. The molecule has 0 aliphatic heterocycles. The molecule has 0 fully saturated rings. The monoisotopic (exact) mass is 261 g/mol. The van der Waals surface area contributed by atoms with Crippen molar-refractivity contribution in [2.24, 2.45) is 0 Å². The molecule has 0 bridgehead atoms. The highest BCUT2D eigenvalue weighted by atomic mass is 16.5. The second kappa shape index (κ2) is 9.62. The van der Waals surface area contributed by atoms with Crippen LogP contribution in [0.25, 0.3) is 6.08 Å². The minimum Gasteiger partial charge on any atom is -0.494 e. The maximum absolute atomic E-state index is 5.59. The Morgan fingerprint density at radius 1 is 1.11 bits per heavy atom. The number of ether oxygens (including phenoxy) is 1. The van der Waals surface area contributed by atoms with Crippen LogP contribution in [0.5, 0.6) is 5.75 Å². The SMILES string of the molecule is CCCNCC(=Cc1ccc(OCCC)cc1)CC. The molecule has 1 aromatic rings. The summed E-state index contributed by atoms with van der Waals surface area (Å²) in [4.78, 5) is 0. The van der Waals surface area contributed by atoms with Gasteiger partial charge in [0.05, 0.1) is 6.61 Å². The third kappa shape index (κ3) is 6.44. The lowest BCUT2D eigenvalue weighted by atomic mass is 10.1. The molecule has 106 valence electrons. The van der Waals surface area contributed by atoms with Crippen LogP contribution in [0.2, 0.25) is 0 Å². The lowest BCUT2D eigenvalue weighted by molar-refractivity contribution is 0.317. The molecule has 0 aromatic heterocycles. The highest BCUT2D eigenvalue weighted by Gasteiger charge is 1.97. The van der Waals surface area contributed by atoms with Gasteiger partial charge in [0.2, 0.25) is 0 Å². The fourth-order valence-corrected chi connectivity index (χ4v) is 1.82. The quantitative estimate of drug-likeness (QED) is 0.670. The van der Waals surface area contributed by atoms with E-state index in [0.29, 0.717) is 0 Å². The van der Waals surface area contributed by atoms with E-state index in [9.17, 15) is 0 Å². The molecule has 2 heteroatoms. The highest BCUT2D eigenvalue weighted by molar-refractivity contribution is 5.54. The molecule has 19 heavy (non-hydrogen) atoms. The van der Waals surface area contributed by atoms with Gasteiger partial charge in [-0.15, -0.1) is 0 Å². The normalized spacial score (nSPS) is 11.6. The van der Waals surface area contributed by atoms with Gasteiger partial charge in [0.1, 0.15) is 5.75 Å². The number of hydrogen-bond acceptors (Lipinski definition) is 2. The average Bonchev–Trinajstić information content (AvgIpc) is 2.45. The number of hydrogen-bond donors (Lipinski definition) is 1. The lowest BCUT2D eigenvalue weighted by Crippen LogP contribution is -2.17. The Balaban J connectivity index is 2.57. The van der Waals surface area contributed by atoms with Gasteiger partial charge >= 0.3 is 0 Å². The lowest BCUT2D eigenvalue weighted by Gasteiger charge is -2.07. The van der Waals surface area contributed by atoms with Gasteiger partial charge in [-0.3, -0.25) is 0 Å². The van der Waals surface area contributed by atoms with E-state index in [1.54, 1.807) is 0 Å². The molecule has 0 saturated carbocycles. The molecule has 1 N–H and O–H groups in total. The van der Waals surface area contributed by atoms with Gasteiger partial charge < -0.3 is 10.1 Å². The maximum atomic E-state index is 5.59. The van der Waals surface area contributed by atoms with E-state index in [1.807, 2.05) is 12.1 Å². The van der Waals surface area contributed by atoms with Crippen LogP contribution < -0.4 is 10.1 Å². The van der Waals surface area contributed by atoms with E-state index in [2.05, 4.69) is 44.3 Å². The van der Waals surface area contributed by atoms with E-state index < -0.39 is 0 Å². The smallest absolute Gasteiger partial charge is 0.119 e.